The van der Waals surface area contributed by atoms with Crippen molar-refractivity contribution in [2.75, 3.05) is 5.12 Å². The predicted octanol–water partition coefficient (Wildman–Crippen LogP) is 3.56. The van der Waals surface area contributed by atoms with Gasteiger partial charge in [0.25, 0.3) is 5.56 Å². The molecule has 0 spiro atoms. The van der Waals surface area contributed by atoms with Gasteiger partial charge in [0.15, 0.2) is 0 Å². The third kappa shape index (κ3) is 3.99. The van der Waals surface area contributed by atoms with E-state index in [0.717, 1.165) is 10.7 Å². The minimum absolute atomic E-state index is 0.234. The molecule has 9 nitrogen and oxygen atoms in total. The maximum atomic E-state index is 13.4. The molecule has 3 aromatic carbocycles. The standard InChI is InChI=1S/C23H18N8O/c24-15-17-10-8-16(9-11-17)12-13-22-27-21-7-2-1-6-20(21)23(32)30(22)18-4-3-5-19(14-18)31(28-25)29-26/h1-14,25,29H,26H2/b13-12+,28-25?. The summed E-state index contributed by atoms with van der Waals surface area (Å²) < 4.78 is 1.49. The smallest absolute Gasteiger partial charge is 0.266 e. The van der Waals surface area contributed by atoms with Crippen LogP contribution in [-0.4, -0.2) is 9.55 Å². The molecule has 0 bridgehead atoms. The molecule has 1 heterocycles. The van der Waals surface area contributed by atoms with Crippen LogP contribution >= 0.6 is 0 Å². The third-order valence-electron chi connectivity index (χ3n) is 4.82. The van der Waals surface area contributed by atoms with Crippen LogP contribution in [0.4, 0.5) is 5.69 Å². The number of nitrogens with one attached hydrogen (secondary N) is 2. The highest BCUT2D eigenvalue weighted by Gasteiger charge is 2.13. The molecular formula is C23H18N8O. The second-order valence-corrected chi connectivity index (χ2v) is 6.76. The van der Waals surface area contributed by atoms with E-state index in [2.05, 4.69) is 21.8 Å². The fourth-order valence-corrected chi connectivity index (χ4v) is 3.28. The number of rotatable bonds is 6. The van der Waals surface area contributed by atoms with Crippen LogP contribution < -0.4 is 22.1 Å². The van der Waals surface area contributed by atoms with E-state index >= 15 is 0 Å². The second-order valence-electron chi connectivity index (χ2n) is 6.76. The van der Waals surface area contributed by atoms with Crippen LogP contribution in [0.5, 0.6) is 0 Å². The summed E-state index contributed by atoms with van der Waals surface area (Å²) in [6.07, 6.45) is 3.57. The zero-order valence-electron chi connectivity index (χ0n) is 16.8. The monoisotopic (exact) mass is 422 g/mol. The van der Waals surface area contributed by atoms with Gasteiger partial charge in [-0.15, -0.1) is 5.53 Å². The maximum absolute atomic E-state index is 13.4. The van der Waals surface area contributed by atoms with Gasteiger partial charge in [0.05, 0.1) is 33.9 Å². The number of para-hydroxylation sites is 1. The zero-order chi connectivity index (χ0) is 22.5. The first-order valence-corrected chi connectivity index (χ1v) is 9.59. The molecule has 0 unspecified atom stereocenters. The van der Waals surface area contributed by atoms with Gasteiger partial charge >= 0.3 is 0 Å². The topological polar surface area (TPSA) is 136 Å². The fourth-order valence-electron chi connectivity index (χ4n) is 3.28. The minimum Gasteiger partial charge on any atom is -0.268 e. The molecule has 4 rings (SSSR count). The van der Waals surface area contributed by atoms with Gasteiger partial charge in [0.1, 0.15) is 5.82 Å². The average Bonchev–Trinajstić information content (AvgIpc) is 2.84. The summed E-state index contributed by atoms with van der Waals surface area (Å²) in [5.41, 5.74) is 12.3. The first-order valence-electron chi connectivity index (χ1n) is 9.59. The lowest BCUT2D eigenvalue weighted by molar-refractivity contribution is 0.639. The van der Waals surface area contributed by atoms with E-state index in [1.54, 1.807) is 60.7 Å². The molecular weight excluding hydrogens is 404 g/mol. The van der Waals surface area contributed by atoms with Gasteiger partial charge in [-0.25, -0.2) is 4.98 Å². The highest BCUT2D eigenvalue weighted by Crippen LogP contribution is 2.20. The van der Waals surface area contributed by atoms with Crippen molar-refractivity contribution in [2.24, 2.45) is 11.1 Å². The number of hydrazine groups is 2. The van der Waals surface area contributed by atoms with Crippen LogP contribution in [0, 0.1) is 16.9 Å². The van der Waals surface area contributed by atoms with E-state index in [9.17, 15) is 4.79 Å². The van der Waals surface area contributed by atoms with Crippen molar-refractivity contribution in [2.45, 2.75) is 0 Å². The maximum Gasteiger partial charge on any atom is 0.266 e. The van der Waals surface area contributed by atoms with Crippen molar-refractivity contribution < 1.29 is 0 Å². The molecule has 0 aliphatic carbocycles. The summed E-state index contributed by atoms with van der Waals surface area (Å²) in [4.78, 5) is 18.1. The zero-order valence-corrected chi connectivity index (χ0v) is 16.8. The third-order valence-corrected chi connectivity index (χ3v) is 4.82. The molecule has 0 aliphatic heterocycles. The summed E-state index contributed by atoms with van der Waals surface area (Å²) in [6, 6.07) is 23.2. The number of hydrogen-bond acceptors (Lipinski definition) is 7. The summed E-state index contributed by atoms with van der Waals surface area (Å²) in [5, 5.41) is 13.8. The van der Waals surface area contributed by atoms with E-state index in [-0.39, 0.29) is 5.56 Å². The molecule has 156 valence electrons. The molecule has 0 atom stereocenters. The Morgan fingerprint density at radius 2 is 1.88 bits per heavy atom. The van der Waals surface area contributed by atoms with E-state index in [1.165, 1.54) is 4.57 Å². The molecule has 0 saturated carbocycles. The average molecular weight is 422 g/mol. The second kappa shape index (κ2) is 9.01. The van der Waals surface area contributed by atoms with Gasteiger partial charge < -0.3 is 0 Å². The molecule has 0 amide bonds. The highest BCUT2D eigenvalue weighted by molar-refractivity contribution is 5.80. The van der Waals surface area contributed by atoms with Gasteiger partial charge in [0, 0.05) is 0 Å². The summed E-state index contributed by atoms with van der Waals surface area (Å²) in [5.74, 6) is 5.84. The van der Waals surface area contributed by atoms with Crippen molar-refractivity contribution in [3.05, 3.63) is 100 Å². The molecule has 1 aromatic heterocycles. The summed E-state index contributed by atoms with van der Waals surface area (Å²) in [7, 11) is 0. The van der Waals surface area contributed by atoms with Crippen molar-refractivity contribution in [1.29, 1.82) is 10.8 Å². The first-order chi connectivity index (χ1) is 15.6. The fraction of sp³-hybridized carbons (Fsp3) is 0. The Morgan fingerprint density at radius 3 is 2.59 bits per heavy atom. The minimum atomic E-state index is -0.234. The molecule has 0 saturated heterocycles. The van der Waals surface area contributed by atoms with Crippen molar-refractivity contribution >= 4 is 28.7 Å². The SMILES string of the molecule is N#Cc1ccc(/C=C/c2nc3ccccc3c(=O)n2-c2cccc(N(N=N)NN)c2)cc1. The first kappa shape index (κ1) is 20.6. The van der Waals surface area contributed by atoms with Crippen molar-refractivity contribution in [1.82, 2.24) is 15.1 Å². The van der Waals surface area contributed by atoms with Gasteiger partial charge in [-0.1, -0.05) is 41.6 Å². The number of aromatic nitrogens is 2. The van der Waals surface area contributed by atoms with Gasteiger partial charge in [-0.05, 0) is 54.1 Å². The highest BCUT2D eigenvalue weighted by atomic mass is 16.1. The van der Waals surface area contributed by atoms with Crippen LogP contribution in [-0.2, 0) is 0 Å². The van der Waals surface area contributed by atoms with Crippen LogP contribution in [0.15, 0.2) is 82.8 Å². The van der Waals surface area contributed by atoms with Crippen LogP contribution in [0.2, 0.25) is 0 Å². The Balaban J connectivity index is 1.89. The Bertz CT molecular complexity index is 1420. The number of nitrogens with zero attached hydrogens (tertiary/aromatic N) is 5. The molecule has 0 fully saturated rings. The van der Waals surface area contributed by atoms with Gasteiger partial charge in [0.2, 0.25) is 0 Å². The van der Waals surface area contributed by atoms with E-state index in [1.807, 2.05) is 24.3 Å². The molecule has 32 heavy (non-hydrogen) atoms. The van der Waals surface area contributed by atoms with Gasteiger partial charge in [-0.2, -0.15) is 15.9 Å². The van der Waals surface area contributed by atoms with Crippen molar-refractivity contribution in [3.8, 4) is 11.8 Å². The van der Waals surface area contributed by atoms with Crippen molar-refractivity contribution in [3.63, 3.8) is 0 Å². The molecule has 0 aliphatic rings. The Morgan fingerprint density at radius 1 is 1.09 bits per heavy atom. The summed E-state index contributed by atoms with van der Waals surface area (Å²) in [6.45, 7) is 0. The largest absolute Gasteiger partial charge is 0.268 e. The lowest BCUT2D eigenvalue weighted by Crippen LogP contribution is -2.38. The normalized spacial score (nSPS) is 10.9. The quantitative estimate of drug-likeness (QED) is 0.247. The van der Waals surface area contributed by atoms with Crippen LogP contribution in [0.25, 0.3) is 28.7 Å². The molecule has 4 aromatic rings. The number of anilines is 1. The lowest BCUT2D eigenvalue weighted by Gasteiger charge is -2.17. The Hall–Kier alpha value is -4.65. The summed E-state index contributed by atoms with van der Waals surface area (Å²) >= 11 is 0. The number of nitriles is 1. The Kier molecular flexibility index (Phi) is 5.81. The van der Waals surface area contributed by atoms with Crippen LogP contribution in [0.3, 0.4) is 0 Å². The van der Waals surface area contributed by atoms with E-state index in [0.29, 0.717) is 33.7 Å². The number of fused-ring (bicyclic) bond motifs is 1. The number of benzene rings is 3. The molecule has 9 heteroatoms. The number of hydrogen-bond donors (Lipinski definition) is 3. The van der Waals surface area contributed by atoms with E-state index < -0.39 is 0 Å². The Labute approximate surface area is 183 Å². The van der Waals surface area contributed by atoms with Gasteiger partial charge in [-0.3, -0.25) is 15.2 Å². The number of nitrogens with two attached hydrogens (primary N) is 1. The molecule has 4 N–H and O–H groups in total. The lowest BCUT2D eigenvalue weighted by atomic mass is 10.1. The molecule has 0 radical (unpaired) electrons. The van der Waals surface area contributed by atoms with E-state index in [4.69, 9.17) is 16.6 Å². The predicted molar refractivity (Wildman–Crippen MR) is 122 cm³/mol. The van der Waals surface area contributed by atoms with Crippen LogP contribution in [0.1, 0.15) is 17.0 Å².